The maximum absolute atomic E-state index is 13.4. The number of amides is 2. The summed E-state index contributed by atoms with van der Waals surface area (Å²) in [5, 5.41) is 1.93. The number of likely N-dealkylation sites (tertiary alicyclic amines) is 2. The highest BCUT2D eigenvalue weighted by Crippen LogP contribution is 2.39. The minimum atomic E-state index is -0.00611. The van der Waals surface area contributed by atoms with Crippen LogP contribution in [0.15, 0.2) is 35.7 Å². The Morgan fingerprint density at radius 3 is 2.52 bits per heavy atom. The Balaban J connectivity index is 1.24. The van der Waals surface area contributed by atoms with Crippen LogP contribution in [0.4, 0.5) is 0 Å². The van der Waals surface area contributed by atoms with Crippen molar-refractivity contribution in [3.63, 3.8) is 0 Å². The molecule has 31 heavy (non-hydrogen) atoms. The van der Waals surface area contributed by atoms with Gasteiger partial charge in [-0.3, -0.25) is 9.59 Å². The highest BCUT2D eigenvalue weighted by molar-refractivity contribution is 7.12. The molecule has 4 heterocycles. The van der Waals surface area contributed by atoms with Crippen LogP contribution in [0.3, 0.4) is 0 Å². The molecule has 1 aromatic carbocycles. The number of hydrogen-bond acceptors (Lipinski definition) is 5. The van der Waals surface area contributed by atoms with Gasteiger partial charge in [0, 0.05) is 32.0 Å². The average molecular weight is 441 g/mol. The molecule has 2 aromatic rings. The summed E-state index contributed by atoms with van der Waals surface area (Å²) in [4.78, 5) is 30.7. The first-order valence-electron chi connectivity index (χ1n) is 11.2. The summed E-state index contributed by atoms with van der Waals surface area (Å²) in [6, 6.07) is 9.97. The maximum atomic E-state index is 13.4. The van der Waals surface area contributed by atoms with E-state index < -0.39 is 0 Å². The number of rotatable bonds is 3. The van der Waals surface area contributed by atoms with Crippen LogP contribution in [0.1, 0.15) is 53.4 Å². The predicted octanol–water partition coefficient (Wildman–Crippen LogP) is 4.13. The van der Waals surface area contributed by atoms with Crippen molar-refractivity contribution in [2.75, 3.05) is 32.8 Å². The van der Waals surface area contributed by atoms with E-state index in [1.807, 2.05) is 28.5 Å². The molecule has 1 unspecified atom stereocenters. The molecular formula is C24H28N2O4S. The molecule has 3 aliphatic rings. The number of thiophene rings is 1. The number of benzene rings is 1. The standard InChI is InChI=1S/C24H28N2O4S/c27-23(17-8-11-25(12-9-17)24(28)22-5-2-15-31-22)26-10-1-4-19(26)18-6-7-20-21(16-18)30-14-3-13-29-20/h2,5-7,15-17,19H,1,3-4,8-14H2. The van der Waals surface area contributed by atoms with Crippen molar-refractivity contribution in [3.05, 3.63) is 46.2 Å². The molecule has 2 saturated heterocycles. The third-order valence-corrected chi connectivity index (χ3v) is 7.41. The Labute approximate surface area is 186 Å². The smallest absolute Gasteiger partial charge is 0.263 e. The van der Waals surface area contributed by atoms with Gasteiger partial charge in [0.1, 0.15) is 0 Å². The SMILES string of the molecule is O=C(c1cccs1)N1CCC(C(=O)N2CCCC2c2ccc3c(c2)OCCCO3)CC1. The molecule has 1 atom stereocenters. The van der Waals surface area contributed by atoms with Crippen molar-refractivity contribution < 1.29 is 19.1 Å². The molecule has 2 fully saturated rings. The van der Waals surface area contributed by atoms with Crippen LogP contribution < -0.4 is 9.47 Å². The second-order valence-electron chi connectivity index (χ2n) is 8.49. The molecule has 0 aliphatic carbocycles. The zero-order valence-electron chi connectivity index (χ0n) is 17.6. The molecule has 3 aliphatic heterocycles. The highest BCUT2D eigenvalue weighted by Gasteiger charge is 2.36. The lowest BCUT2D eigenvalue weighted by atomic mass is 9.94. The van der Waals surface area contributed by atoms with E-state index in [4.69, 9.17) is 9.47 Å². The van der Waals surface area contributed by atoms with Crippen LogP contribution in [-0.4, -0.2) is 54.5 Å². The lowest BCUT2D eigenvalue weighted by molar-refractivity contribution is -0.137. The van der Waals surface area contributed by atoms with Gasteiger partial charge in [-0.1, -0.05) is 12.1 Å². The van der Waals surface area contributed by atoms with Crippen molar-refractivity contribution >= 4 is 23.2 Å². The van der Waals surface area contributed by atoms with E-state index in [-0.39, 0.29) is 23.8 Å². The van der Waals surface area contributed by atoms with E-state index in [1.165, 1.54) is 11.3 Å². The summed E-state index contributed by atoms with van der Waals surface area (Å²) >= 11 is 1.48. The van der Waals surface area contributed by atoms with E-state index in [0.29, 0.717) is 26.3 Å². The van der Waals surface area contributed by atoms with Gasteiger partial charge in [-0.05, 0) is 54.8 Å². The number of hydrogen-bond donors (Lipinski definition) is 0. The van der Waals surface area contributed by atoms with Gasteiger partial charge in [0.25, 0.3) is 5.91 Å². The molecule has 0 radical (unpaired) electrons. The minimum absolute atomic E-state index is 0.00611. The molecular weight excluding hydrogens is 412 g/mol. The normalized spacial score (nSPS) is 21.7. The third-order valence-electron chi connectivity index (χ3n) is 6.56. The summed E-state index contributed by atoms with van der Waals surface area (Å²) in [6.45, 7) is 3.43. The number of nitrogens with zero attached hydrogens (tertiary/aromatic N) is 2. The van der Waals surface area contributed by atoms with Crippen molar-refractivity contribution in [2.24, 2.45) is 5.92 Å². The Morgan fingerprint density at radius 1 is 0.935 bits per heavy atom. The summed E-state index contributed by atoms with van der Waals surface area (Å²) in [5.74, 6) is 1.90. The lowest BCUT2D eigenvalue weighted by Crippen LogP contribution is -2.44. The van der Waals surface area contributed by atoms with Crippen LogP contribution in [0.5, 0.6) is 11.5 Å². The third kappa shape index (κ3) is 4.15. The van der Waals surface area contributed by atoms with Gasteiger partial charge in [-0.2, -0.15) is 0 Å². The number of carbonyl (C=O) groups excluding carboxylic acids is 2. The van der Waals surface area contributed by atoms with E-state index in [0.717, 1.165) is 60.6 Å². The Kier molecular flexibility index (Phi) is 5.85. The summed E-state index contributed by atoms with van der Waals surface area (Å²) < 4.78 is 11.6. The van der Waals surface area contributed by atoms with Crippen LogP contribution in [0, 0.1) is 5.92 Å². The largest absolute Gasteiger partial charge is 0.490 e. The van der Waals surface area contributed by atoms with Crippen molar-refractivity contribution in [2.45, 2.75) is 38.1 Å². The summed E-state index contributed by atoms with van der Waals surface area (Å²) in [6.07, 6.45) is 4.34. The summed E-state index contributed by atoms with van der Waals surface area (Å²) in [7, 11) is 0. The maximum Gasteiger partial charge on any atom is 0.263 e. The Morgan fingerprint density at radius 2 is 1.74 bits per heavy atom. The van der Waals surface area contributed by atoms with Crippen LogP contribution >= 0.6 is 11.3 Å². The average Bonchev–Trinajstić information content (AvgIpc) is 3.47. The summed E-state index contributed by atoms with van der Waals surface area (Å²) in [5.41, 5.74) is 1.13. The number of piperidine rings is 1. The zero-order chi connectivity index (χ0) is 21.2. The first kappa shape index (κ1) is 20.4. The van der Waals surface area contributed by atoms with Crippen LogP contribution in [-0.2, 0) is 4.79 Å². The molecule has 0 bridgehead atoms. The van der Waals surface area contributed by atoms with Gasteiger partial charge in [-0.15, -0.1) is 11.3 Å². The van der Waals surface area contributed by atoms with Gasteiger partial charge in [0.05, 0.1) is 24.1 Å². The fourth-order valence-corrected chi connectivity index (χ4v) is 5.58. The molecule has 7 heteroatoms. The molecule has 0 saturated carbocycles. The van der Waals surface area contributed by atoms with Gasteiger partial charge in [-0.25, -0.2) is 0 Å². The molecule has 0 N–H and O–H groups in total. The fourth-order valence-electron chi connectivity index (χ4n) is 4.88. The first-order chi connectivity index (χ1) is 15.2. The van der Waals surface area contributed by atoms with E-state index >= 15 is 0 Å². The van der Waals surface area contributed by atoms with Crippen LogP contribution in [0.2, 0.25) is 0 Å². The van der Waals surface area contributed by atoms with Gasteiger partial charge in [0.2, 0.25) is 5.91 Å². The van der Waals surface area contributed by atoms with Gasteiger partial charge < -0.3 is 19.3 Å². The van der Waals surface area contributed by atoms with Crippen molar-refractivity contribution in [1.82, 2.24) is 9.80 Å². The van der Waals surface area contributed by atoms with E-state index in [2.05, 4.69) is 17.0 Å². The molecule has 0 spiro atoms. The van der Waals surface area contributed by atoms with Gasteiger partial charge >= 0.3 is 0 Å². The molecule has 164 valence electrons. The zero-order valence-corrected chi connectivity index (χ0v) is 18.4. The lowest BCUT2D eigenvalue weighted by Gasteiger charge is -2.35. The number of ether oxygens (including phenoxy) is 2. The first-order valence-corrected chi connectivity index (χ1v) is 12.1. The minimum Gasteiger partial charge on any atom is -0.490 e. The van der Waals surface area contributed by atoms with Gasteiger partial charge in [0.15, 0.2) is 11.5 Å². The molecule has 1 aromatic heterocycles. The topological polar surface area (TPSA) is 59.1 Å². The Hall–Kier alpha value is -2.54. The molecule has 5 rings (SSSR count). The Bertz CT molecular complexity index is 937. The predicted molar refractivity (Wildman–Crippen MR) is 119 cm³/mol. The quantitative estimate of drug-likeness (QED) is 0.720. The second kappa shape index (κ2) is 8.91. The monoisotopic (exact) mass is 440 g/mol. The molecule has 6 nitrogen and oxygen atoms in total. The van der Waals surface area contributed by atoms with Crippen molar-refractivity contribution in [3.8, 4) is 11.5 Å². The second-order valence-corrected chi connectivity index (χ2v) is 9.44. The number of fused-ring (bicyclic) bond motifs is 1. The van der Waals surface area contributed by atoms with E-state index in [1.54, 1.807) is 0 Å². The van der Waals surface area contributed by atoms with Crippen LogP contribution in [0.25, 0.3) is 0 Å². The number of carbonyl (C=O) groups is 2. The van der Waals surface area contributed by atoms with Crippen molar-refractivity contribution in [1.29, 1.82) is 0 Å². The highest BCUT2D eigenvalue weighted by atomic mass is 32.1. The van der Waals surface area contributed by atoms with E-state index in [9.17, 15) is 9.59 Å². The molecule has 2 amide bonds. The fraction of sp³-hybridized carbons (Fsp3) is 0.500.